The maximum absolute atomic E-state index is 11.8. The quantitative estimate of drug-likeness (QED) is 0.767. The van der Waals surface area contributed by atoms with Gasteiger partial charge in [-0.1, -0.05) is 17.3 Å². The van der Waals surface area contributed by atoms with E-state index in [4.69, 9.17) is 15.4 Å². The highest BCUT2D eigenvalue weighted by Crippen LogP contribution is 2.12. The number of hydrogen-bond donors (Lipinski definition) is 3. The van der Waals surface area contributed by atoms with Gasteiger partial charge in [0.1, 0.15) is 11.5 Å². The molecule has 1 atom stereocenters. The van der Waals surface area contributed by atoms with Gasteiger partial charge in [0, 0.05) is 6.07 Å². The summed E-state index contributed by atoms with van der Waals surface area (Å²) in [6.45, 7) is 1.74. The van der Waals surface area contributed by atoms with Crippen LogP contribution in [0.5, 0.6) is 5.75 Å². The van der Waals surface area contributed by atoms with E-state index in [0.29, 0.717) is 18.0 Å². The molecule has 0 bridgehead atoms. The molecule has 0 fully saturated rings. The molecule has 2 rings (SSSR count). The molecule has 6 nitrogen and oxygen atoms in total. The summed E-state index contributed by atoms with van der Waals surface area (Å²) in [5.41, 5.74) is 6.68. The van der Waals surface area contributed by atoms with Crippen LogP contribution in [0.15, 0.2) is 34.9 Å². The van der Waals surface area contributed by atoms with Crippen LogP contribution in [0.4, 0.5) is 5.82 Å². The summed E-state index contributed by atoms with van der Waals surface area (Å²) in [7, 11) is 0. The Balaban J connectivity index is 1.94. The number of aryl methyl sites for hydroxylation is 1. The summed E-state index contributed by atoms with van der Waals surface area (Å²) in [5, 5.41) is 15.4. The highest BCUT2D eigenvalue weighted by atomic mass is 16.5. The van der Waals surface area contributed by atoms with Gasteiger partial charge in [-0.25, -0.2) is 0 Å². The zero-order chi connectivity index (χ0) is 13.8. The molecule has 1 aromatic heterocycles. The van der Waals surface area contributed by atoms with Gasteiger partial charge in [-0.05, 0) is 31.0 Å². The summed E-state index contributed by atoms with van der Waals surface area (Å²) < 4.78 is 4.84. The van der Waals surface area contributed by atoms with E-state index in [2.05, 4.69) is 10.5 Å². The molecule has 1 aromatic carbocycles. The van der Waals surface area contributed by atoms with Crippen molar-refractivity contribution in [3.8, 4) is 5.75 Å². The zero-order valence-electron chi connectivity index (χ0n) is 10.5. The molecule has 0 spiro atoms. The van der Waals surface area contributed by atoms with Crippen molar-refractivity contribution in [3.63, 3.8) is 0 Å². The van der Waals surface area contributed by atoms with E-state index in [1.54, 1.807) is 37.3 Å². The highest BCUT2D eigenvalue weighted by molar-refractivity contribution is 5.94. The van der Waals surface area contributed by atoms with Crippen molar-refractivity contribution in [2.45, 2.75) is 19.4 Å². The van der Waals surface area contributed by atoms with Crippen LogP contribution < -0.4 is 11.1 Å². The van der Waals surface area contributed by atoms with Gasteiger partial charge in [0.05, 0.1) is 6.04 Å². The first-order valence-electron chi connectivity index (χ1n) is 5.82. The Hall–Kier alpha value is -2.34. The third kappa shape index (κ3) is 3.56. The van der Waals surface area contributed by atoms with Gasteiger partial charge in [0.2, 0.25) is 5.91 Å². The molecule has 0 aliphatic rings. The molecule has 6 heteroatoms. The summed E-state index contributed by atoms with van der Waals surface area (Å²) in [6.07, 6.45) is 0.378. The number of phenolic OH excluding ortho intramolecular Hbond substituents is 1. The number of aromatic hydroxyl groups is 1. The Morgan fingerprint density at radius 2 is 2.16 bits per heavy atom. The fourth-order valence-corrected chi connectivity index (χ4v) is 1.62. The zero-order valence-corrected chi connectivity index (χ0v) is 10.5. The second-order valence-electron chi connectivity index (χ2n) is 4.29. The van der Waals surface area contributed by atoms with Crippen molar-refractivity contribution in [1.82, 2.24) is 5.16 Å². The summed E-state index contributed by atoms with van der Waals surface area (Å²) in [4.78, 5) is 11.8. The number of benzene rings is 1. The molecule has 4 N–H and O–H groups in total. The molecule has 100 valence electrons. The SMILES string of the molecule is Cc1cc(NC(=O)[C@H](N)Cc2ccc(O)cc2)no1. The maximum Gasteiger partial charge on any atom is 0.242 e. The van der Waals surface area contributed by atoms with Crippen LogP contribution in [0.2, 0.25) is 0 Å². The number of phenols is 1. The number of anilines is 1. The number of hydrogen-bond acceptors (Lipinski definition) is 5. The molecule has 1 heterocycles. The number of nitrogens with zero attached hydrogens (tertiary/aromatic N) is 1. The fraction of sp³-hybridized carbons (Fsp3) is 0.231. The summed E-state index contributed by atoms with van der Waals surface area (Å²) >= 11 is 0. The first-order chi connectivity index (χ1) is 9.04. The summed E-state index contributed by atoms with van der Waals surface area (Å²) in [5.74, 6) is 0.812. The second-order valence-corrected chi connectivity index (χ2v) is 4.29. The smallest absolute Gasteiger partial charge is 0.242 e. The van der Waals surface area contributed by atoms with Crippen LogP contribution in [0.1, 0.15) is 11.3 Å². The minimum atomic E-state index is -0.693. The Kier molecular flexibility index (Phi) is 3.82. The Labute approximate surface area is 110 Å². The monoisotopic (exact) mass is 261 g/mol. The van der Waals surface area contributed by atoms with Crippen molar-refractivity contribution in [3.05, 3.63) is 41.7 Å². The van der Waals surface area contributed by atoms with Gasteiger partial charge in [0.25, 0.3) is 0 Å². The van der Waals surface area contributed by atoms with E-state index in [-0.39, 0.29) is 11.7 Å². The van der Waals surface area contributed by atoms with Crippen molar-refractivity contribution >= 4 is 11.7 Å². The number of carbonyl (C=O) groups excluding carboxylic acids is 1. The number of aromatic nitrogens is 1. The highest BCUT2D eigenvalue weighted by Gasteiger charge is 2.15. The fourth-order valence-electron chi connectivity index (χ4n) is 1.62. The van der Waals surface area contributed by atoms with Gasteiger partial charge >= 0.3 is 0 Å². The van der Waals surface area contributed by atoms with Crippen molar-refractivity contribution in [2.75, 3.05) is 5.32 Å². The average Bonchev–Trinajstić information content (AvgIpc) is 2.77. The molecule has 0 aliphatic carbocycles. The number of carbonyl (C=O) groups is 1. The van der Waals surface area contributed by atoms with E-state index in [1.807, 2.05) is 0 Å². The molecule has 0 saturated heterocycles. The lowest BCUT2D eigenvalue weighted by molar-refractivity contribution is -0.117. The van der Waals surface area contributed by atoms with Gasteiger partial charge in [-0.3, -0.25) is 4.79 Å². The standard InChI is InChI=1S/C13H15N3O3/c1-8-6-12(16-19-8)15-13(18)11(14)7-9-2-4-10(17)5-3-9/h2-6,11,17H,7,14H2,1H3,(H,15,16,18)/t11-/m1/s1. The second kappa shape index (κ2) is 5.53. The predicted molar refractivity (Wildman–Crippen MR) is 69.7 cm³/mol. The average molecular weight is 261 g/mol. The number of nitrogens with two attached hydrogens (primary N) is 1. The molecule has 0 aliphatic heterocycles. The first-order valence-corrected chi connectivity index (χ1v) is 5.82. The Morgan fingerprint density at radius 1 is 1.47 bits per heavy atom. The van der Waals surface area contributed by atoms with E-state index in [9.17, 15) is 4.79 Å². The van der Waals surface area contributed by atoms with Crippen LogP contribution in [-0.2, 0) is 11.2 Å². The van der Waals surface area contributed by atoms with Crippen molar-refractivity contribution in [2.24, 2.45) is 5.73 Å². The van der Waals surface area contributed by atoms with Crippen LogP contribution in [0, 0.1) is 6.92 Å². The molecular formula is C13H15N3O3. The van der Waals surface area contributed by atoms with Crippen LogP contribution >= 0.6 is 0 Å². The molecular weight excluding hydrogens is 246 g/mol. The number of rotatable bonds is 4. The number of nitrogens with one attached hydrogen (secondary N) is 1. The van der Waals surface area contributed by atoms with Crippen LogP contribution in [-0.4, -0.2) is 22.2 Å². The lowest BCUT2D eigenvalue weighted by Crippen LogP contribution is -2.37. The van der Waals surface area contributed by atoms with Crippen molar-refractivity contribution < 1.29 is 14.4 Å². The molecule has 0 unspecified atom stereocenters. The lowest BCUT2D eigenvalue weighted by Gasteiger charge is -2.10. The largest absolute Gasteiger partial charge is 0.508 e. The third-order valence-electron chi connectivity index (χ3n) is 2.61. The predicted octanol–water partition coefficient (Wildman–Crippen LogP) is 1.20. The Bertz CT molecular complexity index is 563. The minimum Gasteiger partial charge on any atom is -0.508 e. The van der Waals surface area contributed by atoms with Gasteiger partial charge < -0.3 is 20.7 Å². The first kappa shape index (κ1) is 13.1. The van der Waals surface area contributed by atoms with E-state index < -0.39 is 6.04 Å². The third-order valence-corrected chi connectivity index (χ3v) is 2.61. The molecule has 0 radical (unpaired) electrons. The minimum absolute atomic E-state index is 0.180. The summed E-state index contributed by atoms with van der Waals surface area (Å²) in [6, 6.07) is 7.49. The normalized spacial score (nSPS) is 12.1. The molecule has 0 saturated carbocycles. The van der Waals surface area contributed by atoms with Crippen LogP contribution in [0.25, 0.3) is 0 Å². The number of amides is 1. The molecule has 2 aromatic rings. The molecule has 19 heavy (non-hydrogen) atoms. The Morgan fingerprint density at radius 3 is 2.74 bits per heavy atom. The van der Waals surface area contributed by atoms with E-state index in [0.717, 1.165) is 5.56 Å². The topological polar surface area (TPSA) is 101 Å². The lowest BCUT2D eigenvalue weighted by atomic mass is 10.1. The molecule has 1 amide bonds. The van der Waals surface area contributed by atoms with Gasteiger partial charge in [0.15, 0.2) is 5.82 Å². The van der Waals surface area contributed by atoms with E-state index in [1.165, 1.54) is 0 Å². The van der Waals surface area contributed by atoms with Crippen molar-refractivity contribution in [1.29, 1.82) is 0 Å². The van der Waals surface area contributed by atoms with Crippen LogP contribution in [0.3, 0.4) is 0 Å². The van der Waals surface area contributed by atoms with Gasteiger partial charge in [-0.15, -0.1) is 0 Å². The van der Waals surface area contributed by atoms with Gasteiger partial charge in [-0.2, -0.15) is 0 Å². The maximum atomic E-state index is 11.8. The van der Waals surface area contributed by atoms with E-state index >= 15 is 0 Å².